The van der Waals surface area contributed by atoms with Crippen molar-refractivity contribution in [2.24, 2.45) is 0 Å². The number of aliphatic hydroxyl groups excluding tert-OH is 1. The van der Waals surface area contributed by atoms with Gasteiger partial charge in [-0.15, -0.1) is 0 Å². The van der Waals surface area contributed by atoms with Crippen molar-refractivity contribution in [1.29, 1.82) is 0 Å². The molecule has 1 aromatic rings. The van der Waals surface area contributed by atoms with Gasteiger partial charge in [0.05, 0.1) is 16.7 Å². The Labute approximate surface area is 195 Å². The van der Waals surface area contributed by atoms with Crippen LogP contribution in [0.4, 0.5) is 0 Å². The smallest absolute Gasteiger partial charge is 0.0592 e. The summed E-state index contributed by atoms with van der Waals surface area (Å²) in [6.45, 7) is 9.93. The number of hydrogen-bond donors (Lipinski definition) is 3. The second-order valence-corrected chi connectivity index (χ2v) is 6.43. The molecular formula is C22H46Cl2N2O4. The van der Waals surface area contributed by atoms with Gasteiger partial charge in [0.15, 0.2) is 0 Å². The van der Waals surface area contributed by atoms with Crippen LogP contribution in [0.2, 0.25) is 10.0 Å². The third-order valence-electron chi connectivity index (χ3n) is 2.71. The lowest BCUT2D eigenvalue weighted by Gasteiger charge is -1.91. The van der Waals surface area contributed by atoms with E-state index in [1.165, 1.54) is 6.42 Å². The number of ether oxygens (including phenoxy) is 3. The van der Waals surface area contributed by atoms with E-state index in [4.69, 9.17) is 42.5 Å². The van der Waals surface area contributed by atoms with Gasteiger partial charge in [-0.3, -0.25) is 0 Å². The van der Waals surface area contributed by atoms with E-state index in [2.05, 4.69) is 24.5 Å². The number of rotatable bonds is 4. The first-order chi connectivity index (χ1) is 14.5. The lowest BCUT2D eigenvalue weighted by atomic mass is 10.4. The van der Waals surface area contributed by atoms with Gasteiger partial charge in [0.2, 0.25) is 0 Å². The number of aliphatic hydroxyl groups is 1. The van der Waals surface area contributed by atoms with Crippen LogP contribution in [-0.2, 0) is 14.2 Å². The van der Waals surface area contributed by atoms with E-state index in [0.717, 1.165) is 59.5 Å². The molecule has 0 bridgehead atoms. The Balaban J connectivity index is -0.000000143. The van der Waals surface area contributed by atoms with Gasteiger partial charge in [-0.05, 0) is 52.0 Å². The molecule has 8 heteroatoms. The highest BCUT2D eigenvalue weighted by Crippen LogP contribution is 2.19. The third-order valence-corrected chi connectivity index (χ3v) is 3.46. The Bertz CT molecular complexity index is 339. The minimum absolute atomic E-state index is 0.606. The van der Waals surface area contributed by atoms with Crippen LogP contribution in [-0.4, -0.2) is 80.0 Å². The quantitative estimate of drug-likeness (QED) is 0.597. The molecule has 0 unspecified atom stereocenters. The van der Waals surface area contributed by atoms with Crippen LogP contribution in [0.15, 0.2) is 24.3 Å². The van der Waals surface area contributed by atoms with E-state index in [0.29, 0.717) is 10.0 Å². The summed E-state index contributed by atoms with van der Waals surface area (Å²) < 4.78 is 14.5. The fraction of sp³-hybridized carbons (Fsp3) is 0.727. The summed E-state index contributed by atoms with van der Waals surface area (Å²) in [6, 6.07) is 7.19. The van der Waals surface area contributed by atoms with Crippen molar-refractivity contribution in [1.82, 2.24) is 10.6 Å². The molecule has 1 aliphatic heterocycles. The van der Waals surface area contributed by atoms with Crippen molar-refractivity contribution in [2.75, 3.05) is 74.9 Å². The average Bonchev–Trinajstić information content (AvgIpc) is 3.08. The van der Waals surface area contributed by atoms with Crippen LogP contribution in [0.5, 0.6) is 0 Å². The molecule has 1 heterocycles. The molecule has 0 amide bonds. The maximum atomic E-state index is 7.00. The molecule has 0 spiro atoms. The topological polar surface area (TPSA) is 72.0 Å². The van der Waals surface area contributed by atoms with Crippen LogP contribution in [0.25, 0.3) is 0 Å². The third kappa shape index (κ3) is 41.8. The number of halogens is 2. The predicted molar refractivity (Wildman–Crippen MR) is 132 cm³/mol. The van der Waals surface area contributed by atoms with E-state index in [1.54, 1.807) is 26.4 Å². The maximum Gasteiger partial charge on any atom is 0.0592 e. The molecule has 2 rings (SSSR count). The second kappa shape index (κ2) is 39.1. The van der Waals surface area contributed by atoms with Gasteiger partial charge in [0.1, 0.15) is 0 Å². The van der Waals surface area contributed by atoms with Crippen LogP contribution < -0.4 is 10.6 Å². The summed E-state index contributed by atoms with van der Waals surface area (Å²) in [5.41, 5.74) is 0. The monoisotopic (exact) mass is 472 g/mol. The number of hydrogen-bond acceptors (Lipinski definition) is 6. The minimum atomic E-state index is 0.606. The SMILES string of the molecule is C1CNCCOC1.CCCOC.CCCOC.CNC.CO.Clc1ccccc1Cl. The first-order valence-electron chi connectivity index (χ1n) is 10.2. The van der Waals surface area contributed by atoms with Crippen molar-refractivity contribution < 1.29 is 19.3 Å². The van der Waals surface area contributed by atoms with E-state index < -0.39 is 0 Å². The Morgan fingerprint density at radius 1 is 0.933 bits per heavy atom. The summed E-state index contributed by atoms with van der Waals surface area (Å²) in [4.78, 5) is 0. The summed E-state index contributed by atoms with van der Waals surface area (Å²) in [7, 11) is 8.17. The maximum absolute atomic E-state index is 7.00. The standard InChI is InChI=1S/C6H4Cl2.C5H11NO.2C4H10O.C2H7N.CH4O/c7-5-3-1-2-4-6(5)8;1-2-6-3-5-7-4-1;2*1-3-4-5-2;1-3-2;1-2/h1-4H;6H,1-5H2;2*3-4H2,1-2H3;3H,1-2H3;2H,1H3. The Hall–Kier alpha value is -0.440. The van der Waals surface area contributed by atoms with Crippen molar-refractivity contribution in [2.45, 2.75) is 33.1 Å². The molecular weight excluding hydrogens is 427 g/mol. The molecule has 1 saturated heterocycles. The minimum Gasteiger partial charge on any atom is -0.400 e. The lowest BCUT2D eigenvalue weighted by Crippen LogP contribution is -2.15. The van der Waals surface area contributed by atoms with E-state index in [1.807, 2.05) is 26.2 Å². The Morgan fingerprint density at radius 2 is 1.37 bits per heavy atom. The fourth-order valence-corrected chi connectivity index (χ4v) is 1.79. The van der Waals surface area contributed by atoms with Gasteiger partial charge in [-0.2, -0.15) is 0 Å². The fourth-order valence-electron chi connectivity index (χ4n) is 1.52. The molecule has 0 atom stereocenters. The summed E-state index contributed by atoms with van der Waals surface area (Å²) in [5, 5.41) is 14.2. The molecule has 0 aromatic heterocycles. The predicted octanol–water partition coefficient (Wildman–Crippen LogP) is 4.52. The van der Waals surface area contributed by atoms with Gasteiger partial charge in [-0.25, -0.2) is 0 Å². The summed E-state index contributed by atoms with van der Waals surface area (Å²) in [6.07, 6.45) is 3.41. The molecule has 30 heavy (non-hydrogen) atoms. The molecule has 0 radical (unpaired) electrons. The van der Waals surface area contributed by atoms with Crippen molar-refractivity contribution >= 4 is 23.2 Å². The van der Waals surface area contributed by atoms with Crippen molar-refractivity contribution in [3.8, 4) is 0 Å². The number of methoxy groups -OCH3 is 2. The first kappa shape index (κ1) is 36.9. The van der Waals surface area contributed by atoms with Gasteiger partial charge < -0.3 is 30.0 Å². The average molecular weight is 474 g/mol. The molecule has 1 aliphatic rings. The highest BCUT2D eigenvalue weighted by atomic mass is 35.5. The zero-order valence-electron chi connectivity index (χ0n) is 20.1. The van der Waals surface area contributed by atoms with Crippen molar-refractivity contribution in [3.05, 3.63) is 34.3 Å². The summed E-state index contributed by atoms with van der Waals surface area (Å²) >= 11 is 11.2. The highest BCUT2D eigenvalue weighted by Gasteiger charge is 1.93. The van der Waals surface area contributed by atoms with E-state index >= 15 is 0 Å². The van der Waals surface area contributed by atoms with E-state index in [9.17, 15) is 0 Å². The van der Waals surface area contributed by atoms with Crippen LogP contribution in [0.1, 0.15) is 33.1 Å². The molecule has 6 nitrogen and oxygen atoms in total. The molecule has 1 aromatic carbocycles. The molecule has 0 aliphatic carbocycles. The van der Waals surface area contributed by atoms with Gasteiger partial charge in [0, 0.05) is 47.7 Å². The summed E-state index contributed by atoms with van der Waals surface area (Å²) in [5.74, 6) is 0. The largest absolute Gasteiger partial charge is 0.400 e. The van der Waals surface area contributed by atoms with Crippen LogP contribution in [0, 0.1) is 0 Å². The molecule has 182 valence electrons. The zero-order valence-corrected chi connectivity index (χ0v) is 21.6. The zero-order chi connectivity index (χ0) is 23.9. The highest BCUT2D eigenvalue weighted by molar-refractivity contribution is 6.41. The normalized spacial score (nSPS) is 11.7. The van der Waals surface area contributed by atoms with Gasteiger partial charge in [0.25, 0.3) is 0 Å². The number of benzene rings is 1. The Morgan fingerprint density at radius 3 is 1.67 bits per heavy atom. The Kier molecular flexibility index (Phi) is 48.1. The molecule has 0 saturated carbocycles. The van der Waals surface area contributed by atoms with E-state index in [-0.39, 0.29) is 0 Å². The van der Waals surface area contributed by atoms with Crippen LogP contribution >= 0.6 is 23.2 Å². The number of nitrogens with one attached hydrogen (secondary N) is 2. The van der Waals surface area contributed by atoms with Gasteiger partial charge >= 0.3 is 0 Å². The van der Waals surface area contributed by atoms with Gasteiger partial charge in [-0.1, -0.05) is 49.2 Å². The van der Waals surface area contributed by atoms with Crippen molar-refractivity contribution in [3.63, 3.8) is 0 Å². The van der Waals surface area contributed by atoms with Crippen LogP contribution in [0.3, 0.4) is 0 Å². The molecule has 1 fully saturated rings. The molecule has 3 N–H and O–H groups in total. The first-order valence-corrected chi connectivity index (χ1v) is 11.0. The lowest BCUT2D eigenvalue weighted by molar-refractivity contribution is 0.151. The second-order valence-electron chi connectivity index (χ2n) is 5.62.